The molecule has 6 heteroatoms. The fraction of sp³-hybridized carbons (Fsp3) is 0.529. The maximum Gasteiger partial charge on any atom is 0.226 e. The highest BCUT2D eigenvalue weighted by atomic mass is 35.5. The Morgan fingerprint density at radius 2 is 2.04 bits per heavy atom. The minimum Gasteiger partial charge on any atom is -0.326 e. The summed E-state index contributed by atoms with van der Waals surface area (Å²) < 4.78 is 0. The van der Waals surface area contributed by atoms with Gasteiger partial charge in [0, 0.05) is 29.8 Å². The number of rotatable bonds is 5. The zero-order valence-corrected chi connectivity index (χ0v) is 14.8. The number of hydrogen-bond donors (Lipinski definition) is 3. The van der Waals surface area contributed by atoms with Gasteiger partial charge in [-0.1, -0.05) is 19.9 Å². The third-order valence-electron chi connectivity index (χ3n) is 3.90. The summed E-state index contributed by atoms with van der Waals surface area (Å²) in [5, 5.41) is 9.12. The van der Waals surface area contributed by atoms with E-state index in [1.165, 1.54) is 0 Å². The van der Waals surface area contributed by atoms with Crippen LogP contribution in [0.2, 0.25) is 0 Å². The van der Waals surface area contributed by atoms with Gasteiger partial charge in [0.25, 0.3) is 0 Å². The summed E-state index contributed by atoms with van der Waals surface area (Å²) in [5.41, 5.74) is 2.44. The van der Waals surface area contributed by atoms with Crippen LogP contribution in [0.1, 0.15) is 38.7 Å². The number of amides is 2. The maximum atomic E-state index is 12.1. The Morgan fingerprint density at radius 3 is 2.65 bits per heavy atom. The number of halogens is 1. The van der Waals surface area contributed by atoms with Gasteiger partial charge in [-0.25, -0.2) is 0 Å². The maximum absolute atomic E-state index is 12.1. The third kappa shape index (κ3) is 5.84. The lowest BCUT2D eigenvalue weighted by molar-refractivity contribution is -0.119. The largest absolute Gasteiger partial charge is 0.326 e. The second kappa shape index (κ2) is 8.89. The molecule has 1 aromatic carbocycles. The average Bonchev–Trinajstić information content (AvgIpc) is 2.95. The topological polar surface area (TPSA) is 70.2 Å². The first kappa shape index (κ1) is 19.5. The Balaban J connectivity index is 0.00000264. The molecule has 1 aromatic rings. The summed E-state index contributed by atoms with van der Waals surface area (Å²) in [4.78, 5) is 23.9. The molecule has 1 fully saturated rings. The van der Waals surface area contributed by atoms with Gasteiger partial charge in [0.1, 0.15) is 0 Å². The Hall–Kier alpha value is -1.59. The first-order valence-corrected chi connectivity index (χ1v) is 7.90. The minimum absolute atomic E-state index is 0. The van der Waals surface area contributed by atoms with Crippen molar-refractivity contribution >= 4 is 35.6 Å². The van der Waals surface area contributed by atoms with Crippen molar-refractivity contribution in [2.24, 2.45) is 5.92 Å². The van der Waals surface area contributed by atoms with Gasteiger partial charge in [-0.15, -0.1) is 12.4 Å². The van der Waals surface area contributed by atoms with E-state index in [0.717, 1.165) is 30.6 Å². The van der Waals surface area contributed by atoms with E-state index in [1.807, 2.05) is 39.0 Å². The van der Waals surface area contributed by atoms with Crippen LogP contribution in [0.25, 0.3) is 0 Å². The van der Waals surface area contributed by atoms with Gasteiger partial charge in [-0.3, -0.25) is 9.59 Å². The van der Waals surface area contributed by atoms with Crippen LogP contribution in [-0.4, -0.2) is 24.4 Å². The van der Waals surface area contributed by atoms with Gasteiger partial charge >= 0.3 is 0 Å². The molecule has 0 aromatic heterocycles. The van der Waals surface area contributed by atoms with Gasteiger partial charge in [0.05, 0.1) is 0 Å². The number of carbonyl (C=O) groups is 2. The van der Waals surface area contributed by atoms with Crippen molar-refractivity contribution in [3.63, 3.8) is 0 Å². The SMILES string of the molecule is Cc1ccc(NC(=O)C(C)C)cc1NC(=O)CC1CCCN1.Cl. The van der Waals surface area contributed by atoms with Gasteiger partial charge in [0.15, 0.2) is 0 Å². The predicted molar refractivity (Wildman–Crippen MR) is 96.2 cm³/mol. The normalized spacial score (nSPS) is 16.8. The molecule has 2 amide bonds. The standard InChI is InChI=1S/C17H25N3O2.ClH/c1-11(2)17(22)19-14-7-6-12(3)15(9-14)20-16(21)10-13-5-4-8-18-13;/h6-7,9,11,13,18H,4-5,8,10H2,1-3H3,(H,19,22)(H,20,21);1H. The zero-order valence-electron chi connectivity index (χ0n) is 13.9. The Kier molecular flexibility index (Phi) is 7.52. The highest BCUT2D eigenvalue weighted by molar-refractivity contribution is 5.95. The van der Waals surface area contributed by atoms with Crippen molar-refractivity contribution < 1.29 is 9.59 Å². The van der Waals surface area contributed by atoms with Gasteiger partial charge in [-0.05, 0) is 44.0 Å². The highest BCUT2D eigenvalue weighted by Crippen LogP contribution is 2.21. The van der Waals surface area contributed by atoms with Gasteiger partial charge in [0.2, 0.25) is 11.8 Å². The molecule has 3 N–H and O–H groups in total. The quantitative estimate of drug-likeness (QED) is 0.772. The van der Waals surface area contributed by atoms with Crippen molar-refractivity contribution in [3.8, 4) is 0 Å². The van der Waals surface area contributed by atoms with Crippen molar-refractivity contribution in [2.75, 3.05) is 17.2 Å². The van der Waals surface area contributed by atoms with Crippen LogP contribution in [-0.2, 0) is 9.59 Å². The van der Waals surface area contributed by atoms with Gasteiger partial charge < -0.3 is 16.0 Å². The molecule has 0 aliphatic carbocycles. The van der Waals surface area contributed by atoms with Crippen LogP contribution in [0.15, 0.2) is 18.2 Å². The molecule has 128 valence electrons. The summed E-state index contributed by atoms with van der Waals surface area (Å²) in [5.74, 6) is -0.0982. The molecule has 1 atom stereocenters. The van der Waals surface area contributed by atoms with E-state index >= 15 is 0 Å². The van der Waals surface area contributed by atoms with E-state index in [4.69, 9.17) is 0 Å². The number of hydrogen-bond acceptors (Lipinski definition) is 3. The number of carbonyl (C=O) groups excluding carboxylic acids is 2. The molecule has 1 aliphatic rings. The smallest absolute Gasteiger partial charge is 0.226 e. The van der Waals surface area contributed by atoms with Crippen LogP contribution < -0.4 is 16.0 Å². The van der Waals surface area contributed by atoms with E-state index in [1.54, 1.807) is 0 Å². The molecule has 1 unspecified atom stereocenters. The predicted octanol–water partition coefficient (Wildman–Crippen LogP) is 3.09. The van der Waals surface area contributed by atoms with E-state index < -0.39 is 0 Å². The second-order valence-electron chi connectivity index (χ2n) is 6.22. The summed E-state index contributed by atoms with van der Waals surface area (Å²) in [6.07, 6.45) is 2.67. The van der Waals surface area contributed by atoms with Crippen LogP contribution in [0.3, 0.4) is 0 Å². The van der Waals surface area contributed by atoms with E-state index in [-0.39, 0.29) is 36.2 Å². The number of anilines is 2. The molecule has 0 spiro atoms. The first-order chi connectivity index (χ1) is 10.5. The lowest BCUT2D eigenvalue weighted by Crippen LogP contribution is -2.27. The molecule has 0 saturated carbocycles. The molecular weight excluding hydrogens is 314 g/mol. The van der Waals surface area contributed by atoms with Gasteiger partial charge in [-0.2, -0.15) is 0 Å². The summed E-state index contributed by atoms with van der Waals surface area (Å²) in [6, 6.07) is 5.85. The van der Waals surface area contributed by atoms with Crippen LogP contribution in [0, 0.1) is 12.8 Å². The second-order valence-corrected chi connectivity index (χ2v) is 6.22. The van der Waals surface area contributed by atoms with E-state index in [0.29, 0.717) is 12.1 Å². The van der Waals surface area contributed by atoms with Crippen molar-refractivity contribution in [3.05, 3.63) is 23.8 Å². The van der Waals surface area contributed by atoms with E-state index in [2.05, 4.69) is 16.0 Å². The molecule has 2 rings (SSSR count). The van der Waals surface area contributed by atoms with Crippen molar-refractivity contribution in [2.45, 2.75) is 46.1 Å². The van der Waals surface area contributed by atoms with Crippen LogP contribution >= 0.6 is 12.4 Å². The first-order valence-electron chi connectivity index (χ1n) is 7.90. The third-order valence-corrected chi connectivity index (χ3v) is 3.90. The molecule has 0 bridgehead atoms. The summed E-state index contributed by atoms with van der Waals surface area (Å²) in [6.45, 7) is 6.63. The molecule has 1 aliphatic heterocycles. The fourth-order valence-electron chi connectivity index (χ4n) is 2.48. The Morgan fingerprint density at radius 1 is 1.30 bits per heavy atom. The highest BCUT2D eigenvalue weighted by Gasteiger charge is 2.18. The molecule has 0 radical (unpaired) electrons. The number of aryl methyl sites for hydroxylation is 1. The summed E-state index contributed by atoms with van der Waals surface area (Å²) in [7, 11) is 0. The minimum atomic E-state index is -0.0761. The van der Waals surface area contributed by atoms with Crippen molar-refractivity contribution in [1.82, 2.24) is 5.32 Å². The number of nitrogens with one attached hydrogen (secondary N) is 3. The molecule has 1 saturated heterocycles. The lowest BCUT2D eigenvalue weighted by atomic mass is 10.1. The van der Waals surface area contributed by atoms with Crippen molar-refractivity contribution in [1.29, 1.82) is 0 Å². The average molecular weight is 340 g/mol. The lowest BCUT2D eigenvalue weighted by Gasteiger charge is -2.14. The van der Waals surface area contributed by atoms with E-state index in [9.17, 15) is 9.59 Å². The zero-order chi connectivity index (χ0) is 16.1. The Bertz CT molecular complexity index is 555. The molecule has 23 heavy (non-hydrogen) atoms. The summed E-state index contributed by atoms with van der Waals surface area (Å²) >= 11 is 0. The monoisotopic (exact) mass is 339 g/mol. The molecule has 1 heterocycles. The molecule has 5 nitrogen and oxygen atoms in total. The number of benzene rings is 1. The van der Waals surface area contributed by atoms with Crippen LogP contribution in [0.4, 0.5) is 11.4 Å². The Labute approximate surface area is 144 Å². The fourth-order valence-corrected chi connectivity index (χ4v) is 2.48. The molecular formula is C17H26ClN3O2. The van der Waals surface area contributed by atoms with Crippen LogP contribution in [0.5, 0.6) is 0 Å².